The quantitative estimate of drug-likeness (QED) is 0.721. The van der Waals surface area contributed by atoms with Crippen LogP contribution in [0.3, 0.4) is 0 Å². The first-order valence-corrected chi connectivity index (χ1v) is 4.15. The van der Waals surface area contributed by atoms with Gasteiger partial charge in [0.05, 0.1) is 0 Å². The molecule has 12 heavy (non-hydrogen) atoms. The van der Waals surface area contributed by atoms with E-state index in [-0.39, 0.29) is 0 Å². The Balaban J connectivity index is 2.70. The van der Waals surface area contributed by atoms with Crippen LogP contribution in [-0.2, 0) is 6.42 Å². The molecule has 0 atom stereocenters. The molecular formula is C9H13NO2. The highest BCUT2D eigenvalue weighted by atomic mass is 16.4. The standard InChI is InChI=1S/C9H13NO2/c1-2-3-4-7-5-6-10-8(7)9(11)12/h5-6,10H,2-4H2,1H3,(H,11,12). The number of aromatic nitrogens is 1. The molecule has 1 aromatic rings. The Labute approximate surface area is 71.4 Å². The number of H-pyrrole nitrogens is 1. The zero-order valence-corrected chi connectivity index (χ0v) is 7.13. The third-order valence-electron chi connectivity index (χ3n) is 1.85. The zero-order chi connectivity index (χ0) is 8.97. The van der Waals surface area contributed by atoms with Crippen LogP contribution in [0.25, 0.3) is 0 Å². The molecule has 0 radical (unpaired) electrons. The summed E-state index contributed by atoms with van der Waals surface area (Å²) >= 11 is 0. The van der Waals surface area contributed by atoms with Crippen LogP contribution in [0.5, 0.6) is 0 Å². The van der Waals surface area contributed by atoms with Crippen molar-refractivity contribution in [2.45, 2.75) is 26.2 Å². The Morgan fingerprint density at radius 3 is 3.00 bits per heavy atom. The molecular weight excluding hydrogens is 154 g/mol. The number of hydrogen-bond acceptors (Lipinski definition) is 1. The Kier molecular flexibility index (Phi) is 2.91. The Morgan fingerprint density at radius 1 is 1.67 bits per heavy atom. The van der Waals surface area contributed by atoms with Crippen LogP contribution in [-0.4, -0.2) is 16.1 Å². The minimum atomic E-state index is -0.869. The van der Waals surface area contributed by atoms with E-state index in [4.69, 9.17) is 5.11 Å². The van der Waals surface area contributed by atoms with Crippen molar-refractivity contribution in [1.29, 1.82) is 0 Å². The maximum atomic E-state index is 10.6. The highest BCUT2D eigenvalue weighted by Gasteiger charge is 2.09. The topological polar surface area (TPSA) is 53.1 Å². The van der Waals surface area contributed by atoms with E-state index in [2.05, 4.69) is 11.9 Å². The summed E-state index contributed by atoms with van der Waals surface area (Å²) in [5, 5.41) is 8.72. The molecule has 0 aromatic carbocycles. The summed E-state index contributed by atoms with van der Waals surface area (Å²) in [4.78, 5) is 13.3. The predicted octanol–water partition coefficient (Wildman–Crippen LogP) is 2.06. The molecule has 1 heterocycles. The lowest BCUT2D eigenvalue weighted by Crippen LogP contribution is -2.00. The van der Waals surface area contributed by atoms with Gasteiger partial charge >= 0.3 is 5.97 Å². The number of carboxylic acids is 1. The molecule has 3 nitrogen and oxygen atoms in total. The predicted molar refractivity (Wildman–Crippen MR) is 46.4 cm³/mol. The number of aromatic amines is 1. The van der Waals surface area contributed by atoms with Gasteiger partial charge < -0.3 is 10.1 Å². The normalized spacial score (nSPS) is 10.1. The molecule has 1 aromatic heterocycles. The van der Waals surface area contributed by atoms with E-state index < -0.39 is 5.97 Å². The lowest BCUT2D eigenvalue weighted by atomic mass is 10.1. The second-order valence-electron chi connectivity index (χ2n) is 2.79. The first-order chi connectivity index (χ1) is 5.75. The van der Waals surface area contributed by atoms with Gasteiger partial charge in [-0.3, -0.25) is 0 Å². The van der Waals surface area contributed by atoms with Gasteiger partial charge in [0.2, 0.25) is 0 Å². The highest BCUT2D eigenvalue weighted by Crippen LogP contribution is 2.10. The number of unbranched alkanes of at least 4 members (excludes halogenated alkanes) is 1. The van der Waals surface area contributed by atoms with Crippen molar-refractivity contribution in [3.05, 3.63) is 23.5 Å². The third kappa shape index (κ3) is 1.87. The molecule has 0 aliphatic rings. The van der Waals surface area contributed by atoms with Gasteiger partial charge in [-0.15, -0.1) is 0 Å². The van der Waals surface area contributed by atoms with Gasteiger partial charge in [-0.25, -0.2) is 4.79 Å². The fourth-order valence-electron chi connectivity index (χ4n) is 1.18. The largest absolute Gasteiger partial charge is 0.477 e. The van der Waals surface area contributed by atoms with Crippen molar-refractivity contribution in [1.82, 2.24) is 4.98 Å². The summed E-state index contributed by atoms with van der Waals surface area (Å²) in [5.41, 5.74) is 1.24. The number of aryl methyl sites for hydroxylation is 1. The molecule has 0 unspecified atom stereocenters. The summed E-state index contributed by atoms with van der Waals surface area (Å²) in [6.07, 6.45) is 4.65. The number of carbonyl (C=O) groups is 1. The Morgan fingerprint density at radius 2 is 2.42 bits per heavy atom. The van der Waals surface area contributed by atoms with Gasteiger partial charge in [-0.2, -0.15) is 0 Å². The van der Waals surface area contributed by atoms with E-state index in [1.807, 2.05) is 6.07 Å². The second kappa shape index (κ2) is 3.95. The molecule has 0 amide bonds. The summed E-state index contributed by atoms with van der Waals surface area (Å²) in [6, 6.07) is 1.83. The second-order valence-corrected chi connectivity index (χ2v) is 2.79. The zero-order valence-electron chi connectivity index (χ0n) is 7.13. The maximum absolute atomic E-state index is 10.6. The van der Waals surface area contributed by atoms with Crippen LogP contribution in [0.15, 0.2) is 12.3 Å². The monoisotopic (exact) mass is 167 g/mol. The number of rotatable bonds is 4. The molecule has 66 valence electrons. The van der Waals surface area contributed by atoms with Crippen LogP contribution >= 0.6 is 0 Å². The van der Waals surface area contributed by atoms with Gasteiger partial charge in [-0.05, 0) is 24.5 Å². The molecule has 0 aliphatic carbocycles. The van der Waals surface area contributed by atoms with Crippen LogP contribution in [0, 0.1) is 0 Å². The number of nitrogens with one attached hydrogen (secondary N) is 1. The van der Waals surface area contributed by atoms with Crippen molar-refractivity contribution in [2.24, 2.45) is 0 Å². The van der Waals surface area contributed by atoms with E-state index in [0.29, 0.717) is 5.69 Å². The molecule has 1 rings (SSSR count). The maximum Gasteiger partial charge on any atom is 0.352 e. The summed E-state index contributed by atoms with van der Waals surface area (Å²) < 4.78 is 0. The van der Waals surface area contributed by atoms with Crippen LogP contribution < -0.4 is 0 Å². The average Bonchev–Trinajstić information content (AvgIpc) is 2.48. The summed E-state index contributed by atoms with van der Waals surface area (Å²) in [5.74, 6) is -0.869. The lowest BCUT2D eigenvalue weighted by molar-refractivity contribution is 0.0690. The lowest BCUT2D eigenvalue weighted by Gasteiger charge is -1.97. The molecule has 3 heteroatoms. The average molecular weight is 167 g/mol. The van der Waals surface area contributed by atoms with Gasteiger partial charge in [0.25, 0.3) is 0 Å². The first kappa shape index (κ1) is 8.84. The van der Waals surface area contributed by atoms with Crippen molar-refractivity contribution in [2.75, 3.05) is 0 Å². The van der Waals surface area contributed by atoms with Gasteiger partial charge in [-0.1, -0.05) is 13.3 Å². The van der Waals surface area contributed by atoms with Crippen molar-refractivity contribution in [3.8, 4) is 0 Å². The molecule has 0 bridgehead atoms. The first-order valence-electron chi connectivity index (χ1n) is 4.15. The van der Waals surface area contributed by atoms with Crippen molar-refractivity contribution in [3.63, 3.8) is 0 Å². The van der Waals surface area contributed by atoms with Crippen LogP contribution in [0.4, 0.5) is 0 Å². The van der Waals surface area contributed by atoms with Crippen LogP contribution in [0.1, 0.15) is 35.8 Å². The van der Waals surface area contributed by atoms with Gasteiger partial charge in [0.1, 0.15) is 5.69 Å². The fourth-order valence-corrected chi connectivity index (χ4v) is 1.18. The van der Waals surface area contributed by atoms with Crippen molar-refractivity contribution < 1.29 is 9.90 Å². The number of hydrogen-bond donors (Lipinski definition) is 2. The smallest absolute Gasteiger partial charge is 0.352 e. The van der Waals surface area contributed by atoms with E-state index in [0.717, 1.165) is 24.8 Å². The van der Waals surface area contributed by atoms with Gasteiger partial charge in [0.15, 0.2) is 0 Å². The number of aromatic carboxylic acids is 1. The van der Waals surface area contributed by atoms with Gasteiger partial charge in [0, 0.05) is 6.20 Å². The molecule has 0 saturated carbocycles. The molecule has 0 spiro atoms. The van der Waals surface area contributed by atoms with E-state index >= 15 is 0 Å². The fraction of sp³-hybridized carbons (Fsp3) is 0.444. The van der Waals surface area contributed by atoms with E-state index in [1.165, 1.54) is 0 Å². The summed E-state index contributed by atoms with van der Waals surface area (Å²) in [6.45, 7) is 2.09. The Hall–Kier alpha value is -1.25. The minimum Gasteiger partial charge on any atom is -0.477 e. The minimum absolute atomic E-state index is 0.337. The molecule has 0 aliphatic heterocycles. The molecule has 0 saturated heterocycles. The van der Waals surface area contributed by atoms with E-state index in [1.54, 1.807) is 6.20 Å². The molecule has 2 N–H and O–H groups in total. The SMILES string of the molecule is CCCCc1cc[nH]c1C(=O)O. The van der Waals surface area contributed by atoms with Crippen LogP contribution in [0.2, 0.25) is 0 Å². The Bertz CT molecular complexity index is 265. The molecule has 0 fully saturated rings. The number of carboxylic acid groups (broad SMARTS) is 1. The summed E-state index contributed by atoms with van der Waals surface area (Å²) in [7, 11) is 0. The third-order valence-corrected chi connectivity index (χ3v) is 1.85. The van der Waals surface area contributed by atoms with Crippen molar-refractivity contribution >= 4 is 5.97 Å². The van der Waals surface area contributed by atoms with E-state index in [9.17, 15) is 4.79 Å². The highest BCUT2D eigenvalue weighted by molar-refractivity contribution is 5.87.